The van der Waals surface area contributed by atoms with Gasteiger partial charge >= 0.3 is 11.9 Å². The molecule has 11 nitrogen and oxygen atoms in total. The molecule has 0 saturated carbocycles. The van der Waals surface area contributed by atoms with E-state index < -0.39 is 46.3 Å². The first-order valence-electron chi connectivity index (χ1n) is 17.0. The lowest BCUT2D eigenvalue weighted by molar-refractivity contribution is -0.173. The van der Waals surface area contributed by atoms with Gasteiger partial charge in [0.05, 0.1) is 34.6 Å². The highest BCUT2D eigenvalue weighted by Gasteiger charge is 2.50. The summed E-state index contributed by atoms with van der Waals surface area (Å²) >= 11 is 1.22. The molecule has 1 aromatic rings. The summed E-state index contributed by atoms with van der Waals surface area (Å²) in [7, 11) is -3.95. The Hall–Kier alpha value is -2.40. The third kappa shape index (κ3) is 11.3. The summed E-state index contributed by atoms with van der Waals surface area (Å²) in [6, 6.07) is 1.32. The summed E-state index contributed by atoms with van der Waals surface area (Å²) in [5, 5.41) is 7.20. The number of ketones is 1. The molecule has 2 amide bonds. The van der Waals surface area contributed by atoms with Crippen molar-refractivity contribution in [1.82, 2.24) is 10.6 Å². The molecular formula is C35H60N2O9SSi2. The Morgan fingerprint density at radius 3 is 1.69 bits per heavy atom. The number of ether oxygens (including phenoxy) is 2. The van der Waals surface area contributed by atoms with Crippen LogP contribution in [0.5, 0.6) is 0 Å². The fraction of sp³-hybridized carbons (Fsp3) is 0.743. The standard InChI is InChI=1S/C22H35NO5SSi.C13H25NO4Si/c1-13(28-30(8,9)22(5,6)7)18-15(23-19(18)25)11-16(24)17-10-14(12-29-17)20(26)27-21(2,3)4;1-8(18-19(6,7)13(3,4)5)10-11(16)14-12(10)17-9(2)15/h10,12-13,15,18H,11H2,1-9H3,(H,23,25);8,10,12H,1-7H3,(H,14,16)/t13-,15-,18-;8-,10+,12-/m11/s1. The fourth-order valence-corrected chi connectivity index (χ4v) is 8.63. The van der Waals surface area contributed by atoms with Gasteiger partial charge in [0, 0.05) is 18.7 Å². The van der Waals surface area contributed by atoms with E-state index in [1.54, 1.807) is 32.2 Å². The normalized spacial score (nSPS) is 22.6. The number of carbonyl (C=O) groups is 5. The highest BCUT2D eigenvalue weighted by molar-refractivity contribution is 7.12. The summed E-state index contributed by atoms with van der Waals surface area (Å²) in [4.78, 5) is 60.3. The number of thiophene rings is 1. The van der Waals surface area contributed by atoms with E-state index >= 15 is 0 Å². The van der Waals surface area contributed by atoms with Gasteiger partial charge in [-0.3, -0.25) is 19.2 Å². The van der Waals surface area contributed by atoms with Crippen LogP contribution in [-0.4, -0.2) is 76.2 Å². The predicted octanol–water partition coefficient (Wildman–Crippen LogP) is 6.83. The molecular weight excluding hydrogens is 681 g/mol. The van der Waals surface area contributed by atoms with Gasteiger partial charge in [0.15, 0.2) is 28.6 Å². The van der Waals surface area contributed by atoms with Crippen LogP contribution in [0.2, 0.25) is 36.3 Å². The Balaban J connectivity index is 0.000000377. The van der Waals surface area contributed by atoms with Crippen LogP contribution in [0.15, 0.2) is 11.4 Å². The molecule has 2 fully saturated rings. The summed E-state index contributed by atoms with van der Waals surface area (Å²) in [5.41, 5.74) is -0.213. The smallest absolute Gasteiger partial charge is 0.339 e. The van der Waals surface area contributed by atoms with Crippen molar-refractivity contribution in [3.05, 3.63) is 21.9 Å². The number of β-lactam (4-membered cyclic amide) rings is 2. The van der Waals surface area contributed by atoms with E-state index in [0.717, 1.165) is 0 Å². The monoisotopic (exact) mass is 740 g/mol. The fourth-order valence-electron chi connectivity index (χ4n) is 4.94. The maximum atomic E-state index is 12.8. The van der Waals surface area contributed by atoms with Crippen molar-refractivity contribution in [3.63, 3.8) is 0 Å². The number of esters is 2. The van der Waals surface area contributed by atoms with Gasteiger partial charge in [-0.2, -0.15) is 0 Å². The highest BCUT2D eigenvalue weighted by Crippen LogP contribution is 2.40. The van der Waals surface area contributed by atoms with Crippen LogP contribution in [0.4, 0.5) is 0 Å². The molecule has 2 N–H and O–H groups in total. The summed E-state index contributed by atoms with van der Waals surface area (Å²) in [6.45, 7) is 32.1. The van der Waals surface area contributed by atoms with Crippen LogP contribution >= 0.6 is 11.3 Å². The van der Waals surface area contributed by atoms with Crippen molar-refractivity contribution < 1.29 is 42.3 Å². The Labute approximate surface area is 299 Å². The Bertz CT molecular complexity index is 1390. The van der Waals surface area contributed by atoms with Gasteiger partial charge in [-0.15, -0.1) is 11.3 Å². The van der Waals surface area contributed by atoms with Crippen molar-refractivity contribution in [2.24, 2.45) is 11.8 Å². The first-order chi connectivity index (χ1) is 22.0. The van der Waals surface area contributed by atoms with Crippen molar-refractivity contribution >= 4 is 57.5 Å². The van der Waals surface area contributed by atoms with E-state index in [-0.39, 0.29) is 58.3 Å². The molecule has 6 atom stereocenters. The van der Waals surface area contributed by atoms with E-state index in [1.807, 2.05) is 13.8 Å². The zero-order chi connectivity index (χ0) is 38.1. The van der Waals surface area contributed by atoms with Gasteiger partial charge in [0.1, 0.15) is 11.5 Å². The number of amides is 2. The summed E-state index contributed by atoms with van der Waals surface area (Å²) in [6.07, 6.45) is -0.863. The summed E-state index contributed by atoms with van der Waals surface area (Å²) < 4.78 is 23.0. The maximum absolute atomic E-state index is 12.8. The van der Waals surface area contributed by atoms with Crippen LogP contribution in [0, 0.1) is 11.8 Å². The van der Waals surface area contributed by atoms with Crippen LogP contribution in [-0.2, 0) is 32.7 Å². The van der Waals surface area contributed by atoms with Gasteiger partial charge in [-0.25, -0.2) is 4.79 Å². The van der Waals surface area contributed by atoms with E-state index in [1.165, 1.54) is 18.3 Å². The molecule has 2 saturated heterocycles. The highest BCUT2D eigenvalue weighted by atomic mass is 32.1. The molecule has 2 aliphatic rings. The number of Topliss-reactive ketones (excluding diaryl/α,β-unsaturated/α-hetero) is 1. The number of rotatable bonds is 11. The zero-order valence-electron chi connectivity index (χ0n) is 32.4. The van der Waals surface area contributed by atoms with Crippen LogP contribution in [0.3, 0.4) is 0 Å². The van der Waals surface area contributed by atoms with E-state index in [9.17, 15) is 24.0 Å². The lowest BCUT2D eigenvalue weighted by atomic mass is 9.83. The molecule has 3 heterocycles. The summed E-state index contributed by atoms with van der Waals surface area (Å²) in [5.74, 6) is -1.86. The second-order valence-corrected chi connectivity index (χ2v) is 27.6. The largest absolute Gasteiger partial charge is 0.456 e. The van der Waals surface area contributed by atoms with E-state index in [4.69, 9.17) is 18.3 Å². The molecule has 0 aliphatic carbocycles. The molecule has 0 radical (unpaired) electrons. The van der Waals surface area contributed by atoms with Crippen molar-refractivity contribution in [2.75, 3.05) is 0 Å². The molecule has 0 aromatic carbocycles. The number of hydrogen-bond donors (Lipinski definition) is 2. The van der Waals surface area contributed by atoms with Gasteiger partial charge in [0.2, 0.25) is 11.8 Å². The second kappa shape index (κ2) is 15.5. The first kappa shape index (κ1) is 42.8. The predicted molar refractivity (Wildman–Crippen MR) is 197 cm³/mol. The molecule has 278 valence electrons. The van der Waals surface area contributed by atoms with Crippen molar-refractivity contribution in [1.29, 1.82) is 0 Å². The van der Waals surface area contributed by atoms with E-state index in [2.05, 4.69) is 78.4 Å². The topological polar surface area (TPSA) is 146 Å². The number of nitrogens with one attached hydrogen (secondary N) is 2. The quantitative estimate of drug-likeness (QED) is 0.108. The van der Waals surface area contributed by atoms with Gasteiger partial charge in [0.25, 0.3) is 0 Å². The minimum atomic E-state index is -2.02. The molecule has 0 bridgehead atoms. The maximum Gasteiger partial charge on any atom is 0.339 e. The minimum absolute atomic E-state index is 0.0435. The Morgan fingerprint density at radius 1 is 0.816 bits per heavy atom. The van der Waals surface area contributed by atoms with Crippen LogP contribution in [0.1, 0.15) is 110 Å². The van der Waals surface area contributed by atoms with Gasteiger partial charge in [-0.05, 0) is 76.9 Å². The SMILES string of the molecule is CC(=O)O[C@H]1NC(=O)[C@@H]1[C@@H](C)O[Si](C)(C)C(C)(C)C.C[C@@H](O[Si](C)(C)C(C)(C)C)[C@H]1C(=O)N[C@@H]1CC(=O)c1cc(C(=O)OC(C)(C)C)cs1. The number of carbonyl (C=O) groups excluding carboxylic acids is 5. The Morgan fingerprint density at radius 2 is 1.29 bits per heavy atom. The van der Waals surface area contributed by atoms with Crippen molar-refractivity contribution in [3.8, 4) is 0 Å². The van der Waals surface area contributed by atoms with E-state index in [0.29, 0.717) is 10.4 Å². The lowest BCUT2D eigenvalue weighted by Gasteiger charge is -2.45. The average Bonchev–Trinajstić information content (AvgIpc) is 3.35. The second-order valence-electron chi connectivity index (χ2n) is 17.2. The third-order valence-corrected chi connectivity index (χ3v) is 19.9. The number of hydrogen-bond acceptors (Lipinski definition) is 10. The van der Waals surface area contributed by atoms with Crippen molar-refractivity contribution in [2.45, 2.75) is 156 Å². The van der Waals surface area contributed by atoms with Gasteiger partial charge in [-0.1, -0.05) is 41.5 Å². The first-order valence-corrected chi connectivity index (χ1v) is 23.7. The molecule has 1 aromatic heterocycles. The molecule has 14 heteroatoms. The molecule has 3 rings (SSSR count). The third-order valence-electron chi connectivity index (χ3n) is 9.77. The zero-order valence-corrected chi connectivity index (χ0v) is 35.2. The molecule has 49 heavy (non-hydrogen) atoms. The van der Waals surface area contributed by atoms with Crippen LogP contribution < -0.4 is 10.6 Å². The molecule has 0 spiro atoms. The molecule has 2 aliphatic heterocycles. The Kier molecular flexibility index (Phi) is 13.5. The van der Waals surface area contributed by atoms with Gasteiger partial charge < -0.3 is 29.0 Å². The lowest BCUT2D eigenvalue weighted by Crippen LogP contribution is -2.65. The van der Waals surface area contributed by atoms with Crippen LogP contribution in [0.25, 0.3) is 0 Å². The molecule has 0 unspecified atom stereocenters. The minimum Gasteiger partial charge on any atom is -0.456 e. The average molecular weight is 741 g/mol.